The normalized spacial score (nSPS) is 11.8. The van der Waals surface area contributed by atoms with Crippen molar-refractivity contribution in [3.05, 3.63) is 176 Å². The third-order valence-corrected chi connectivity index (χ3v) is 9.57. The molecule has 4 nitrogen and oxygen atoms in total. The van der Waals surface area contributed by atoms with Gasteiger partial charge in [-0.3, -0.25) is 0 Å². The lowest BCUT2D eigenvalue weighted by Gasteiger charge is -2.09. The molecule has 0 aliphatic carbocycles. The molecule has 0 atom stereocenters. The van der Waals surface area contributed by atoms with E-state index in [4.69, 9.17) is 4.98 Å². The second-order valence-corrected chi connectivity index (χ2v) is 12.3. The number of benzene rings is 7. The summed E-state index contributed by atoms with van der Waals surface area (Å²) in [7, 11) is 0. The topological polar surface area (TPSA) is 26.6 Å². The van der Waals surface area contributed by atoms with Crippen LogP contribution >= 0.6 is 0 Å². The first-order valence-electron chi connectivity index (χ1n) is 16.3. The summed E-state index contributed by atoms with van der Waals surface area (Å²) in [6.45, 7) is 0. The van der Waals surface area contributed by atoms with Crippen molar-refractivity contribution in [2.45, 2.75) is 0 Å². The van der Waals surface area contributed by atoms with Crippen molar-refractivity contribution in [3.63, 3.8) is 0 Å². The van der Waals surface area contributed by atoms with Crippen molar-refractivity contribution in [1.82, 2.24) is 14.1 Å². The molecule has 0 amide bonds. The van der Waals surface area contributed by atoms with Gasteiger partial charge in [0.1, 0.15) is 16.7 Å². The van der Waals surface area contributed by atoms with E-state index in [0.717, 1.165) is 33.6 Å². The second kappa shape index (κ2) is 10.5. The molecule has 3 heterocycles. The van der Waals surface area contributed by atoms with Gasteiger partial charge in [-0.05, 0) is 83.9 Å². The Kier molecular flexibility index (Phi) is 5.84. The van der Waals surface area contributed by atoms with Gasteiger partial charge in [-0.2, -0.15) is 4.57 Å². The monoisotopic (exact) mass is 613 g/mol. The Balaban J connectivity index is 1.20. The zero-order chi connectivity index (χ0) is 31.6. The molecule has 0 aliphatic heterocycles. The van der Waals surface area contributed by atoms with E-state index < -0.39 is 0 Å². The fourth-order valence-electron chi connectivity index (χ4n) is 7.37. The van der Waals surface area contributed by atoms with Gasteiger partial charge in [-0.25, -0.2) is 4.57 Å². The van der Waals surface area contributed by atoms with E-state index in [9.17, 15) is 0 Å². The standard InChI is InChI=1S/C44H29N4/c1-3-14-33(15-4-1)46-29-32-13-7-10-20-39(32)45-44(46)48-41-22-12-9-19-36(41)38-28-31(24-26-43(38)48)30-23-25-42-37(27-30)35-18-8-11-21-40(35)47(42)34-16-5-2-6-17-34/h1-29H/q+1. The first-order valence-corrected chi connectivity index (χ1v) is 16.3. The molecule has 0 radical (unpaired) electrons. The molecule has 3 aromatic heterocycles. The van der Waals surface area contributed by atoms with Crippen LogP contribution in [0.4, 0.5) is 0 Å². The van der Waals surface area contributed by atoms with E-state index >= 15 is 0 Å². The summed E-state index contributed by atoms with van der Waals surface area (Å²) < 4.78 is 6.88. The van der Waals surface area contributed by atoms with E-state index in [1.54, 1.807) is 0 Å². The molecule has 7 aromatic carbocycles. The Hall–Kier alpha value is -6.52. The minimum Gasteiger partial charge on any atom is -0.309 e. The quantitative estimate of drug-likeness (QED) is 0.181. The van der Waals surface area contributed by atoms with Crippen molar-refractivity contribution in [2.24, 2.45) is 0 Å². The van der Waals surface area contributed by atoms with E-state index in [-0.39, 0.29) is 0 Å². The van der Waals surface area contributed by atoms with Crippen LogP contribution in [-0.2, 0) is 0 Å². The smallest absolute Gasteiger partial charge is 0.309 e. The average Bonchev–Trinajstić information content (AvgIpc) is 3.67. The van der Waals surface area contributed by atoms with Gasteiger partial charge in [0.2, 0.25) is 0 Å². The lowest BCUT2D eigenvalue weighted by molar-refractivity contribution is -0.591. The molecule has 0 aliphatic rings. The van der Waals surface area contributed by atoms with Crippen molar-refractivity contribution < 1.29 is 4.57 Å². The van der Waals surface area contributed by atoms with Crippen LogP contribution in [0.1, 0.15) is 0 Å². The maximum atomic E-state index is 5.29. The minimum absolute atomic E-state index is 0.856. The van der Waals surface area contributed by atoms with Gasteiger partial charge in [0.05, 0.1) is 17.2 Å². The van der Waals surface area contributed by atoms with Gasteiger partial charge in [0, 0.05) is 32.6 Å². The van der Waals surface area contributed by atoms with Gasteiger partial charge in [0.15, 0.2) is 5.52 Å². The summed E-state index contributed by atoms with van der Waals surface area (Å²) in [6.07, 6.45) is 2.20. The summed E-state index contributed by atoms with van der Waals surface area (Å²) in [4.78, 5) is 5.29. The minimum atomic E-state index is 0.856. The lowest BCUT2D eigenvalue weighted by Crippen LogP contribution is -2.37. The number of fused-ring (bicyclic) bond motifs is 7. The Morgan fingerprint density at radius 2 is 0.938 bits per heavy atom. The van der Waals surface area contributed by atoms with Crippen molar-refractivity contribution in [1.29, 1.82) is 0 Å². The summed E-state index contributed by atoms with van der Waals surface area (Å²) in [6, 6.07) is 60.5. The van der Waals surface area contributed by atoms with Crippen LogP contribution in [0, 0.1) is 0 Å². The highest BCUT2D eigenvalue weighted by Crippen LogP contribution is 2.38. The van der Waals surface area contributed by atoms with Crippen LogP contribution in [0.25, 0.3) is 83.0 Å². The fourth-order valence-corrected chi connectivity index (χ4v) is 7.37. The van der Waals surface area contributed by atoms with Crippen LogP contribution in [0.15, 0.2) is 176 Å². The third kappa shape index (κ3) is 4.03. The predicted molar refractivity (Wildman–Crippen MR) is 197 cm³/mol. The molecule has 48 heavy (non-hydrogen) atoms. The van der Waals surface area contributed by atoms with Crippen LogP contribution in [0.3, 0.4) is 0 Å². The highest BCUT2D eigenvalue weighted by molar-refractivity contribution is 6.12. The molecule has 10 aromatic rings. The van der Waals surface area contributed by atoms with Gasteiger partial charge in [0.25, 0.3) is 0 Å². The highest BCUT2D eigenvalue weighted by Gasteiger charge is 2.25. The number of hydrogen-bond donors (Lipinski definition) is 0. The molecule has 0 fully saturated rings. The maximum absolute atomic E-state index is 5.29. The number of rotatable bonds is 4. The number of nitrogens with zero attached hydrogens (tertiary/aromatic N) is 4. The van der Waals surface area contributed by atoms with Crippen molar-refractivity contribution >= 4 is 54.5 Å². The fraction of sp³-hybridized carbons (Fsp3) is 0. The molecule has 10 rings (SSSR count). The van der Waals surface area contributed by atoms with Gasteiger partial charge in [-0.1, -0.05) is 102 Å². The average molecular weight is 614 g/mol. The second-order valence-electron chi connectivity index (χ2n) is 12.3. The van der Waals surface area contributed by atoms with Gasteiger partial charge in [-0.15, -0.1) is 0 Å². The zero-order valence-electron chi connectivity index (χ0n) is 26.0. The highest BCUT2D eigenvalue weighted by atomic mass is 15.2. The molecular weight excluding hydrogens is 585 g/mol. The molecule has 224 valence electrons. The zero-order valence-corrected chi connectivity index (χ0v) is 26.0. The van der Waals surface area contributed by atoms with Crippen molar-refractivity contribution in [2.75, 3.05) is 0 Å². The summed E-state index contributed by atoms with van der Waals surface area (Å²) >= 11 is 0. The molecule has 0 unspecified atom stereocenters. The number of aromatic nitrogens is 4. The SMILES string of the molecule is c1ccc(-n2c3ccccc3c3cc(-c4ccc5c(c4)c4ccccc4n5-c4nc5ccccc5c[n+]4-c4ccccc4)ccc32)cc1. The first kappa shape index (κ1) is 26.7. The molecule has 0 bridgehead atoms. The molecule has 0 saturated heterocycles. The Morgan fingerprint density at radius 3 is 1.62 bits per heavy atom. The van der Waals surface area contributed by atoms with Gasteiger partial charge >= 0.3 is 5.95 Å². The predicted octanol–water partition coefficient (Wildman–Crippen LogP) is 10.4. The van der Waals surface area contributed by atoms with E-state index in [0.29, 0.717) is 0 Å². The van der Waals surface area contributed by atoms with Gasteiger partial charge < -0.3 is 4.57 Å². The van der Waals surface area contributed by atoms with Crippen LogP contribution in [0.5, 0.6) is 0 Å². The Labute approximate surface area is 277 Å². The third-order valence-electron chi connectivity index (χ3n) is 9.57. The number of hydrogen-bond acceptors (Lipinski definition) is 1. The lowest BCUT2D eigenvalue weighted by atomic mass is 10.0. The van der Waals surface area contributed by atoms with E-state index in [1.807, 2.05) is 0 Å². The maximum Gasteiger partial charge on any atom is 0.409 e. The molecule has 0 N–H and O–H groups in total. The summed E-state index contributed by atoms with van der Waals surface area (Å²) in [5.41, 5.74) is 10.2. The summed E-state index contributed by atoms with van der Waals surface area (Å²) in [5, 5.41) is 6.00. The first-order chi connectivity index (χ1) is 23.8. The van der Waals surface area contributed by atoms with E-state index in [1.165, 1.54) is 49.4 Å². The Morgan fingerprint density at radius 1 is 0.417 bits per heavy atom. The molecule has 0 spiro atoms. The molecule has 0 saturated carbocycles. The van der Waals surface area contributed by atoms with Crippen LogP contribution in [-0.4, -0.2) is 14.1 Å². The summed E-state index contributed by atoms with van der Waals surface area (Å²) in [5.74, 6) is 0.856. The van der Waals surface area contributed by atoms with Crippen molar-refractivity contribution in [3.8, 4) is 28.5 Å². The molecule has 4 heteroatoms. The molecular formula is C44H29N4+. The Bertz CT molecular complexity index is 2830. The van der Waals surface area contributed by atoms with E-state index in [2.05, 4.69) is 190 Å². The van der Waals surface area contributed by atoms with Crippen LogP contribution < -0.4 is 4.57 Å². The number of para-hydroxylation sites is 5. The largest absolute Gasteiger partial charge is 0.409 e. The van der Waals surface area contributed by atoms with Crippen LogP contribution in [0.2, 0.25) is 0 Å².